The molecule has 2 heterocycles. The molecule has 0 N–H and O–H groups in total. The van der Waals surface area contributed by atoms with Crippen LogP contribution in [0.3, 0.4) is 0 Å². The molecule has 0 radical (unpaired) electrons. The molecule has 0 amide bonds. The van der Waals surface area contributed by atoms with Crippen LogP contribution in [0.5, 0.6) is 5.75 Å². The van der Waals surface area contributed by atoms with Crippen LogP contribution in [0.4, 0.5) is 11.4 Å². The van der Waals surface area contributed by atoms with Gasteiger partial charge in [-0.05, 0) is 25.3 Å². The molecule has 2 aliphatic heterocycles. The Balaban J connectivity index is 2.01. The molecular formula is C12H14N2O3. The molecule has 0 spiro atoms. The summed E-state index contributed by atoms with van der Waals surface area (Å²) in [7, 11) is 0. The van der Waals surface area contributed by atoms with Crippen LogP contribution in [0.2, 0.25) is 0 Å². The Hall–Kier alpha value is -1.78. The minimum Gasteiger partial charge on any atom is -0.489 e. The zero-order valence-electron chi connectivity index (χ0n) is 9.46. The molecule has 0 unspecified atom stereocenters. The number of hydrogen-bond donors (Lipinski definition) is 0. The minimum atomic E-state index is -0.353. The van der Waals surface area contributed by atoms with E-state index in [2.05, 4.69) is 4.90 Å². The molecule has 90 valence electrons. The molecule has 3 rings (SSSR count). The summed E-state index contributed by atoms with van der Waals surface area (Å²) in [6, 6.07) is 5.23. The lowest BCUT2D eigenvalue weighted by Crippen LogP contribution is -2.46. The Labute approximate surface area is 99.1 Å². The van der Waals surface area contributed by atoms with Crippen LogP contribution in [0.15, 0.2) is 18.2 Å². The highest BCUT2D eigenvalue weighted by molar-refractivity contribution is 5.65. The second-order valence-corrected chi connectivity index (χ2v) is 4.56. The maximum absolute atomic E-state index is 10.8. The van der Waals surface area contributed by atoms with Crippen molar-refractivity contribution in [3.63, 3.8) is 0 Å². The van der Waals surface area contributed by atoms with Crippen LogP contribution in [0, 0.1) is 10.1 Å². The van der Waals surface area contributed by atoms with Crippen molar-refractivity contribution in [1.29, 1.82) is 0 Å². The van der Waals surface area contributed by atoms with Gasteiger partial charge in [0.25, 0.3) is 5.69 Å². The summed E-state index contributed by atoms with van der Waals surface area (Å²) in [5.74, 6) is 0.772. The predicted molar refractivity (Wildman–Crippen MR) is 63.6 cm³/mol. The fourth-order valence-electron chi connectivity index (χ4n) is 2.64. The van der Waals surface area contributed by atoms with E-state index in [0.29, 0.717) is 12.6 Å². The SMILES string of the molecule is O=[N+]([O-])c1ccc2c(c1)N1CCCC[C@H]1CO2. The standard InChI is InChI=1S/C12H14N2O3/c15-14(16)9-4-5-12-11(7-9)13-6-2-1-3-10(13)8-17-12/h4-5,7,10H,1-3,6,8H2/t10-/m0/s1. The van der Waals surface area contributed by atoms with Gasteiger partial charge in [0.15, 0.2) is 0 Å². The highest BCUT2D eigenvalue weighted by Crippen LogP contribution is 2.39. The molecule has 2 aliphatic rings. The molecule has 1 saturated heterocycles. The Kier molecular flexibility index (Phi) is 2.39. The molecule has 0 aliphatic carbocycles. The van der Waals surface area contributed by atoms with E-state index < -0.39 is 0 Å². The smallest absolute Gasteiger partial charge is 0.271 e. The lowest BCUT2D eigenvalue weighted by atomic mass is 10.00. The molecule has 1 aromatic rings. The zero-order valence-corrected chi connectivity index (χ0v) is 9.46. The molecule has 0 aromatic heterocycles. The van der Waals surface area contributed by atoms with Crippen LogP contribution in [-0.2, 0) is 0 Å². The lowest BCUT2D eigenvalue weighted by molar-refractivity contribution is -0.384. The summed E-state index contributed by atoms with van der Waals surface area (Å²) >= 11 is 0. The number of nitro groups is 1. The Morgan fingerprint density at radius 2 is 2.29 bits per heavy atom. The number of anilines is 1. The maximum atomic E-state index is 10.8. The Bertz CT molecular complexity index is 461. The van der Waals surface area contributed by atoms with Crippen molar-refractivity contribution in [2.75, 3.05) is 18.1 Å². The van der Waals surface area contributed by atoms with E-state index in [4.69, 9.17) is 4.74 Å². The van der Waals surface area contributed by atoms with Crippen LogP contribution in [0.25, 0.3) is 0 Å². The van der Waals surface area contributed by atoms with E-state index in [1.807, 2.05) is 0 Å². The van der Waals surface area contributed by atoms with Gasteiger partial charge in [-0.1, -0.05) is 0 Å². The van der Waals surface area contributed by atoms with Crippen molar-refractivity contribution in [3.05, 3.63) is 28.3 Å². The molecule has 0 saturated carbocycles. The first-order valence-electron chi connectivity index (χ1n) is 5.93. The summed E-state index contributed by atoms with van der Waals surface area (Å²) in [6.45, 7) is 1.67. The number of nitro benzene ring substituents is 1. The molecule has 0 bridgehead atoms. The third-order valence-corrected chi connectivity index (χ3v) is 3.52. The predicted octanol–water partition coefficient (Wildman–Crippen LogP) is 2.35. The summed E-state index contributed by atoms with van der Waals surface area (Å²) in [5, 5.41) is 10.8. The zero-order chi connectivity index (χ0) is 11.8. The topological polar surface area (TPSA) is 55.6 Å². The summed E-state index contributed by atoms with van der Waals surface area (Å²) in [4.78, 5) is 12.7. The van der Waals surface area contributed by atoms with Gasteiger partial charge in [0.05, 0.1) is 16.7 Å². The van der Waals surface area contributed by atoms with E-state index in [0.717, 1.165) is 30.8 Å². The number of ether oxygens (including phenoxy) is 1. The first-order valence-corrected chi connectivity index (χ1v) is 5.93. The molecule has 1 fully saturated rings. The van der Waals surface area contributed by atoms with Gasteiger partial charge in [0.2, 0.25) is 0 Å². The summed E-state index contributed by atoms with van der Waals surface area (Å²) in [6.07, 6.45) is 3.48. The monoisotopic (exact) mass is 234 g/mol. The van der Waals surface area contributed by atoms with Gasteiger partial charge in [0.1, 0.15) is 12.4 Å². The largest absolute Gasteiger partial charge is 0.489 e. The first kappa shape index (κ1) is 10.4. The number of benzene rings is 1. The molecular weight excluding hydrogens is 220 g/mol. The fraction of sp³-hybridized carbons (Fsp3) is 0.500. The average Bonchev–Trinajstić information content (AvgIpc) is 2.38. The Morgan fingerprint density at radius 1 is 1.41 bits per heavy atom. The van der Waals surface area contributed by atoms with Crippen LogP contribution in [-0.4, -0.2) is 24.1 Å². The number of hydrogen-bond acceptors (Lipinski definition) is 4. The number of non-ortho nitro benzene ring substituents is 1. The first-order chi connectivity index (χ1) is 8.25. The van der Waals surface area contributed by atoms with Gasteiger partial charge in [0, 0.05) is 18.7 Å². The third-order valence-electron chi connectivity index (χ3n) is 3.52. The van der Waals surface area contributed by atoms with Gasteiger partial charge >= 0.3 is 0 Å². The van der Waals surface area contributed by atoms with Crippen molar-refractivity contribution in [2.24, 2.45) is 0 Å². The van der Waals surface area contributed by atoms with Crippen LogP contribution in [0.1, 0.15) is 19.3 Å². The number of fused-ring (bicyclic) bond motifs is 3. The van der Waals surface area contributed by atoms with E-state index in [1.165, 1.54) is 12.5 Å². The van der Waals surface area contributed by atoms with E-state index in [1.54, 1.807) is 12.1 Å². The number of rotatable bonds is 1. The maximum Gasteiger partial charge on any atom is 0.271 e. The van der Waals surface area contributed by atoms with Gasteiger partial charge in [-0.15, -0.1) is 0 Å². The van der Waals surface area contributed by atoms with Gasteiger partial charge in [-0.3, -0.25) is 10.1 Å². The number of nitrogens with zero attached hydrogens (tertiary/aromatic N) is 2. The van der Waals surface area contributed by atoms with Gasteiger partial charge in [-0.2, -0.15) is 0 Å². The average molecular weight is 234 g/mol. The number of piperidine rings is 1. The molecule has 1 atom stereocenters. The highest BCUT2D eigenvalue weighted by atomic mass is 16.6. The van der Waals surface area contributed by atoms with Crippen molar-refractivity contribution < 1.29 is 9.66 Å². The van der Waals surface area contributed by atoms with Crippen LogP contribution >= 0.6 is 0 Å². The summed E-state index contributed by atoms with van der Waals surface area (Å²) < 4.78 is 5.66. The molecule has 5 heteroatoms. The van der Waals surface area contributed by atoms with E-state index in [-0.39, 0.29) is 10.6 Å². The quantitative estimate of drug-likeness (QED) is 0.553. The van der Waals surface area contributed by atoms with Crippen molar-refractivity contribution in [2.45, 2.75) is 25.3 Å². The van der Waals surface area contributed by atoms with Crippen molar-refractivity contribution in [3.8, 4) is 5.75 Å². The molecule has 17 heavy (non-hydrogen) atoms. The molecule has 1 aromatic carbocycles. The fourth-order valence-corrected chi connectivity index (χ4v) is 2.64. The second-order valence-electron chi connectivity index (χ2n) is 4.56. The normalized spacial score (nSPS) is 22.4. The summed E-state index contributed by atoms with van der Waals surface area (Å²) in [5.41, 5.74) is 1.02. The second kappa shape index (κ2) is 3.91. The van der Waals surface area contributed by atoms with E-state index >= 15 is 0 Å². The van der Waals surface area contributed by atoms with Gasteiger partial charge in [-0.25, -0.2) is 0 Å². The Morgan fingerprint density at radius 3 is 3.12 bits per heavy atom. The van der Waals surface area contributed by atoms with Crippen molar-refractivity contribution >= 4 is 11.4 Å². The highest BCUT2D eigenvalue weighted by Gasteiger charge is 2.30. The van der Waals surface area contributed by atoms with Crippen LogP contribution < -0.4 is 9.64 Å². The minimum absolute atomic E-state index is 0.138. The lowest BCUT2D eigenvalue weighted by Gasteiger charge is -2.41. The third kappa shape index (κ3) is 1.71. The molecule has 5 nitrogen and oxygen atoms in total. The van der Waals surface area contributed by atoms with Crippen molar-refractivity contribution in [1.82, 2.24) is 0 Å². The van der Waals surface area contributed by atoms with E-state index in [9.17, 15) is 10.1 Å². The van der Waals surface area contributed by atoms with Gasteiger partial charge < -0.3 is 9.64 Å².